The highest BCUT2D eigenvalue weighted by molar-refractivity contribution is 7.09. The molecular formula is C16H23N3O3S. The molecule has 3 aliphatic heterocycles. The summed E-state index contributed by atoms with van der Waals surface area (Å²) in [6.07, 6.45) is 3.05. The molecule has 0 radical (unpaired) electrons. The van der Waals surface area contributed by atoms with Crippen LogP contribution in [0.2, 0.25) is 0 Å². The molecule has 4 rings (SSSR count). The van der Waals surface area contributed by atoms with Gasteiger partial charge in [0, 0.05) is 50.3 Å². The van der Waals surface area contributed by atoms with Crippen molar-refractivity contribution in [1.29, 1.82) is 0 Å². The lowest BCUT2D eigenvalue weighted by atomic mass is 9.81. The predicted molar refractivity (Wildman–Crippen MR) is 86.1 cm³/mol. The first-order chi connectivity index (χ1) is 11.3. The van der Waals surface area contributed by atoms with E-state index >= 15 is 0 Å². The Bertz CT molecular complexity index is 533. The fraction of sp³-hybridized carbons (Fsp3) is 0.750. The number of piperidine rings is 1. The molecule has 0 spiro atoms. The van der Waals surface area contributed by atoms with E-state index in [1.54, 1.807) is 11.3 Å². The van der Waals surface area contributed by atoms with Crippen molar-refractivity contribution in [2.24, 2.45) is 11.8 Å². The summed E-state index contributed by atoms with van der Waals surface area (Å²) >= 11 is 1.67. The van der Waals surface area contributed by atoms with Crippen LogP contribution in [0.4, 0.5) is 0 Å². The highest BCUT2D eigenvalue weighted by Gasteiger charge is 2.45. The number of nitrogens with zero attached hydrogens (tertiary/aromatic N) is 3. The lowest BCUT2D eigenvalue weighted by molar-refractivity contribution is -0.146. The van der Waals surface area contributed by atoms with E-state index in [0.29, 0.717) is 19.1 Å². The maximum absolute atomic E-state index is 13.0. The van der Waals surface area contributed by atoms with Gasteiger partial charge >= 0.3 is 0 Å². The van der Waals surface area contributed by atoms with Crippen LogP contribution in [0.5, 0.6) is 0 Å². The number of likely N-dealkylation sites (tertiary alicyclic amines) is 1. The highest BCUT2D eigenvalue weighted by Crippen LogP contribution is 2.35. The van der Waals surface area contributed by atoms with Gasteiger partial charge in [-0.15, -0.1) is 11.3 Å². The van der Waals surface area contributed by atoms with Crippen molar-refractivity contribution in [3.8, 4) is 0 Å². The normalized spacial score (nSPS) is 32.0. The zero-order valence-corrected chi connectivity index (χ0v) is 14.0. The molecule has 23 heavy (non-hydrogen) atoms. The Morgan fingerprint density at radius 3 is 2.96 bits per heavy atom. The van der Waals surface area contributed by atoms with Crippen molar-refractivity contribution < 1.29 is 14.3 Å². The van der Waals surface area contributed by atoms with Gasteiger partial charge in [-0.25, -0.2) is 4.98 Å². The number of thiazole rings is 1. The van der Waals surface area contributed by atoms with Crippen molar-refractivity contribution in [3.63, 3.8) is 0 Å². The minimum absolute atomic E-state index is 0.0503. The fourth-order valence-electron chi connectivity index (χ4n) is 3.99. The van der Waals surface area contributed by atoms with Gasteiger partial charge in [0.15, 0.2) is 0 Å². The van der Waals surface area contributed by atoms with Crippen molar-refractivity contribution in [2.75, 3.05) is 46.0 Å². The number of morpholine rings is 1. The molecule has 0 aromatic carbocycles. The molecule has 0 bridgehead atoms. The summed E-state index contributed by atoms with van der Waals surface area (Å²) in [6, 6.07) is 0. The summed E-state index contributed by atoms with van der Waals surface area (Å²) in [6.45, 7) is 6.10. The Hall–Kier alpha value is -1.02. The molecule has 0 unspecified atom stereocenters. The fourth-order valence-corrected chi connectivity index (χ4v) is 4.64. The second-order valence-corrected chi connectivity index (χ2v) is 7.50. The summed E-state index contributed by atoms with van der Waals surface area (Å²) < 4.78 is 11.3. The molecule has 126 valence electrons. The largest absolute Gasteiger partial charge is 0.378 e. The van der Waals surface area contributed by atoms with Gasteiger partial charge in [0.05, 0.1) is 31.8 Å². The second-order valence-electron chi connectivity index (χ2n) is 6.53. The van der Waals surface area contributed by atoms with Gasteiger partial charge in [0.1, 0.15) is 5.01 Å². The molecule has 3 aliphatic rings. The highest BCUT2D eigenvalue weighted by atomic mass is 32.1. The molecule has 4 heterocycles. The lowest BCUT2D eigenvalue weighted by Crippen LogP contribution is -2.54. The van der Waals surface area contributed by atoms with Crippen LogP contribution >= 0.6 is 11.3 Å². The van der Waals surface area contributed by atoms with E-state index in [1.807, 2.05) is 16.5 Å². The molecule has 1 aromatic heterocycles. The second kappa shape index (κ2) is 6.84. The summed E-state index contributed by atoms with van der Waals surface area (Å²) in [5.74, 6) is 0.713. The van der Waals surface area contributed by atoms with E-state index in [2.05, 4.69) is 9.88 Å². The third-order valence-electron chi connectivity index (χ3n) is 5.15. The Labute approximate surface area is 140 Å². The van der Waals surface area contributed by atoms with Crippen LogP contribution < -0.4 is 0 Å². The molecule has 1 amide bonds. The number of carbonyl (C=O) groups is 1. The van der Waals surface area contributed by atoms with Gasteiger partial charge in [-0.2, -0.15) is 0 Å². The number of ether oxygens (including phenoxy) is 2. The van der Waals surface area contributed by atoms with Gasteiger partial charge in [-0.3, -0.25) is 9.69 Å². The van der Waals surface area contributed by atoms with Crippen molar-refractivity contribution in [2.45, 2.75) is 19.1 Å². The summed E-state index contributed by atoms with van der Waals surface area (Å²) in [5.41, 5.74) is 0. The standard InChI is InChI=1S/C16H23N3O3S/c20-16(19-3-6-21-7-4-19)13-9-18(11-15-17-2-8-23-15)10-14-12(13)1-5-22-14/h2,8,12-14H,1,3-7,9-11H2/t12-,13-,14+/m1/s1. The van der Waals surface area contributed by atoms with Crippen molar-refractivity contribution in [3.05, 3.63) is 16.6 Å². The summed E-state index contributed by atoms with van der Waals surface area (Å²) in [4.78, 5) is 21.7. The van der Waals surface area contributed by atoms with Crippen LogP contribution in [0.25, 0.3) is 0 Å². The van der Waals surface area contributed by atoms with Crippen LogP contribution in [0.15, 0.2) is 11.6 Å². The predicted octanol–water partition coefficient (Wildman–Crippen LogP) is 0.839. The Morgan fingerprint density at radius 1 is 1.30 bits per heavy atom. The maximum atomic E-state index is 13.0. The number of aromatic nitrogens is 1. The zero-order chi connectivity index (χ0) is 15.6. The average Bonchev–Trinajstić information content (AvgIpc) is 3.26. The molecule has 0 N–H and O–H groups in total. The first-order valence-electron chi connectivity index (χ1n) is 8.40. The third-order valence-corrected chi connectivity index (χ3v) is 5.92. The van der Waals surface area contributed by atoms with E-state index in [4.69, 9.17) is 9.47 Å². The van der Waals surface area contributed by atoms with Crippen molar-refractivity contribution >= 4 is 17.2 Å². The number of hydrogen-bond donors (Lipinski definition) is 0. The van der Waals surface area contributed by atoms with Crippen LogP contribution in [-0.4, -0.2) is 72.8 Å². The van der Waals surface area contributed by atoms with Gasteiger partial charge < -0.3 is 14.4 Å². The number of amides is 1. The quantitative estimate of drug-likeness (QED) is 0.818. The molecular weight excluding hydrogens is 314 g/mol. The Kier molecular flexibility index (Phi) is 4.61. The molecule has 6 nitrogen and oxygen atoms in total. The van der Waals surface area contributed by atoms with E-state index < -0.39 is 0 Å². The first kappa shape index (κ1) is 15.5. The van der Waals surface area contributed by atoms with Crippen LogP contribution in [-0.2, 0) is 20.8 Å². The van der Waals surface area contributed by atoms with Gasteiger partial charge in [0.2, 0.25) is 5.91 Å². The summed E-state index contributed by atoms with van der Waals surface area (Å²) in [5, 5.41) is 3.11. The number of carbonyl (C=O) groups excluding carboxylic acids is 1. The average molecular weight is 337 g/mol. The van der Waals surface area contributed by atoms with Crippen LogP contribution in [0, 0.1) is 11.8 Å². The molecule has 0 aliphatic carbocycles. The third kappa shape index (κ3) is 3.28. The van der Waals surface area contributed by atoms with Gasteiger partial charge in [-0.1, -0.05) is 0 Å². The minimum atomic E-state index is 0.0503. The molecule has 7 heteroatoms. The van der Waals surface area contributed by atoms with Crippen LogP contribution in [0.3, 0.4) is 0 Å². The Balaban J connectivity index is 1.47. The smallest absolute Gasteiger partial charge is 0.227 e. The number of rotatable bonds is 3. The summed E-state index contributed by atoms with van der Waals surface area (Å²) in [7, 11) is 0. The van der Waals surface area contributed by atoms with E-state index in [1.165, 1.54) is 0 Å². The van der Waals surface area contributed by atoms with Crippen molar-refractivity contribution in [1.82, 2.24) is 14.8 Å². The van der Waals surface area contributed by atoms with E-state index in [9.17, 15) is 4.79 Å². The number of hydrogen-bond acceptors (Lipinski definition) is 6. The van der Waals surface area contributed by atoms with E-state index in [-0.39, 0.29) is 17.9 Å². The molecule has 3 atom stereocenters. The maximum Gasteiger partial charge on any atom is 0.227 e. The molecule has 3 saturated heterocycles. The zero-order valence-electron chi connectivity index (χ0n) is 13.2. The topological polar surface area (TPSA) is 54.9 Å². The molecule has 0 saturated carbocycles. The lowest BCUT2D eigenvalue weighted by Gasteiger charge is -2.41. The first-order valence-corrected chi connectivity index (χ1v) is 9.28. The monoisotopic (exact) mass is 337 g/mol. The van der Waals surface area contributed by atoms with Gasteiger partial charge in [0.25, 0.3) is 0 Å². The SMILES string of the molecule is O=C([C@@H]1CN(Cc2nccs2)C[C@@H]2OCC[C@@H]21)N1CCOCC1. The van der Waals surface area contributed by atoms with Gasteiger partial charge in [-0.05, 0) is 6.42 Å². The Morgan fingerprint density at radius 2 is 2.17 bits per heavy atom. The van der Waals surface area contributed by atoms with E-state index in [0.717, 1.165) is 50.8 Å². The molecule has 1 aromatic rings. The molecule has 3 fully saturated rings. The number of fused-ring (bicyclic) bond motifs is 1. The minimum Gasteiger partial charge on any atom is -0.378 e. The van der Waals surface area contributed by atoms with Crippen LogP contribution in [0.1, 0.15) is 11.4 Å².